The molecule has 3 N–H and O–H groups in total. The molecule has 0 saturated carbocycles. The maximum Gasteiger partial charge on any atom is 0.244 e. The Kier molecular flexibility index (Phi) is 6.27. The van der Waals surface area contributed by atoms with Gasteiger partial charge in [-0.3, -0.25) is 0 Å². The molecule has 1 aromatic carbocycles. The van der Waals surface area contributed by atoms with Gasteiger partial charge in [-0.15, -0.1) is 0 Å². The highest BCUT2D eigenvalue weighted by atomic mass is 32.2. The summed E-state index contributed by atoms with van der Waals surface area (Å²) >= 11 is 0. The first-order valence-electron chi connectivity index (χ1n) is 6.56. The number of halogens is 2. The van der Waals surface area contributed by atoms with Gasteiger partial charge in [0.25, 0.3) is 0 Å². The highest BCUT2D eigenvalue weighted by Gasteiger charge is 2.25. The number of sulfonamides is 1. The normalized spacial score (nSPS) is 11.3. The SMILES string of the molecule is CCC(CC)NS(=O)(=O)c1c(F)cc(F)cc1C#CCN. The lowest BCUT2D eigenvalue weighted by atomic mass is 10.2. The number of nitrogens with one attached hydrogen (secondary N) is 1. The van der Waals surface area contributed by atoms with Crippen LogP contribution in [0, 0.1) is 23.5 Å². The Morgan fingerprint density at radius 1 is 1.29 bits per heavy atom. The van der Waals surface area contributed by atoms with E-state index in [0.717, 1.165) is 6.07 Å². The summed E-state index contributed by atoms with van der Waals surface area (Å²) in [5.74, 6) is 2.74. The minimum absolute atomic E-state index is 0.0441. The summed E-state index contributed by atoms with van der Waals surface area (Å²) < 4.78 is 54.2. The highest BCUT2D eigenvalue weighted by Crippen LogP contribution is 2.21. The van der Waals surface area contributed by atoms with Gasteiger partial charge in [-0.25, -0.2) is 21.9 Å². The molecule has 0 aliphatic heterocycles. The van der Waals surface area contributed by atoms with Crippen LogP contribution in [0.25, 0.3) is 0 Å². The number of benzene rings is 1. The average Bonchev–Trinajstić information content (AvgIpc) is 2.41. The predicted octanol–water partition coefficient (Wildman–Crippen LogP) is 1.74. The van der Waals surface area contributed by atoms with Crippen molar-refractivity contribution in [1.29, 1.82) is 0 Å². The van der Waals surface area contributed by atoms with Crippen molar-refractivity contribution < 1.29 is 17.2 Å². The second-order valence-corrected chi connectivity index (χ2v) is 6.06. The van der Waals surface area contributed by atoms with Crippen LogP contribution >= 0.6 is 0 Å². The van der Waals surface area contributed by atoms with Gasteiger partial charge < -0.3 is 5.73 Å². The molecular weight excluding hydrogens is 298 g/mol. The average molecular weight is 316 g/mol. The van der Waals surface area contributed by atoms with Gasteiger partial charge in [-0.1, -0.05) is 25.7 Å². The molecule has 0 spiro atoms. The molecule has 0 saturated heterocycles. The van der Waals surface area contributed by atoms with Gasteiger partial charge in [0.05, 0.1) is 12.1 Å². The molecule has 0 heterocycles. The first-order valence-corrected chi connectivity index (χ1v) is 8.04. The fourth-order valence-electron chi connectivity index (χ4n) is 1.81. The largest absolute Gasteiger partial charge is 0.320 e. The van der Waals surface area contributed by atoms with E-state index < -0.39 is 26.6 Å². The zero-order valence-electron chi connectivity index (χ0n) is 11.9. The summed E-state index contributed by atoms with van der Waals surface area (Å²) in [5.41, 5.74) is 4.97. The number of hydrogen-bond donors (Lipinski definition) is 2. The minimum atomic E-state index is -4.13. The molecule has 116 valence electrons. The number of nitrogens with two attached hydrogens (primary N) is 1. The van der Waals surface area contributed by atoms with Gasteiger partial charge in [0, 0.05) is 12.1 Å². The molecule has 0 aliphatic carbocycles. The summed E-state index contributed by atoms with van der Waals surface area (Å²) in [6.45, 7) is 3.58. The maximum absolute atomic E-state index is 13.9. The third-order valence-electron chi connectivity index (χ3n) is 2.91. The second-order valence-electron chi connectivity index (χ2n) is 4.40. The Hall–Kier alpha value is -1.49. The van der Waals surface area contributed by atoms with Crippen LogP contribution in [0.2, 0.25) is 0 Å². The van der Waals surface area contributed by atoms with Crippen molar-refractivity contribution in [1.82, 2.24) is 4.72 Å². The van der Waals surface area contributed by atoms with Crippen LogP contribution in [0.4, 0.5) is 8.78 Å². The van der Waals surface area contributed by atoms with E-state index in [1.807, 2.05) is 13.8 Å². The second kappa shape index (κ2) is 7.50. The number of rotatable bonds is 5. The van der Waals surface area contributed by atoms with E-state index in [4.69, 9.17) is 5.73 Å². The molecule has 7 heteroatoms. The molecule has 21 heavy (non-hydrogen) atoms. The zero-order chi connectivity index (χ0) is 16.0. The van der Waals surface area contributed by atoms with Gasteiger partial charge in [0.2, 0.25) is 10.0 Å². The summed E-state index contributed by atoms with van der Waals surface area (Å²) in [4.78, 5) is -0.642. The molecule has 0 unspecified atom stereocenters. The Balaban J connectivity index is 3.40. The van der Waals surface area contributed by atoms with Crippen molar-refractivity contribution in [3.63, 3.8) is 0 Å². The van der Waals surface area contributed by atoms with Gasteiger partial charge in [0.1, 0.15) is 16.5 Å². The lowest BCUT2D eigenvalue weighted by Gasteiger charge is -2.16. The standard InChI is InChI=1S/C14H18F2N2O2S/c1-3-12(4-2)18-21(19,20)14-10(6-5-7-17)8-11(15)9-13(14)16/h8-9,12,18H,3-4,7,17H2,1-2H3. The summed E-state index contributed by atoms with van der Waals surface area (Å²) in [7, 11) is -4.13. The maximum atomic E-state index is 13.9. The molecule has 0 amide bonds. The highest BCUT2D eigenvalue weighted by molar-refractivity contribution is 7.89. The molecule has 1 rings (SSSR count). The molecule has 0 bridgehead atoms. The molecule has 0 atom stereocenters. The van der Waals surface area contributed by atoms with Crippen LogP contribution in [0.5, 0.6) is 0 Å². The lowest BCUT2D eigenvalue weighted by molar-refractivity contribution is 0.516. The van der Waals surface area contributed by atoms with Gasteiger partial charge in [-0.2, -0.15) is 0 Å². The van der Waals surface area contributed by atoms with E-state index >= 15 is 0 Å². The van der Waals surface area contributed by atoms with Gasteiger partial charge >= 0.3 is 0 Å². The topological polar surface area (TPSA) is 72.2 Å². The zero-order valence-corrected chi connectivity index (χ0v) is 12.7. The van der Waals surface area contributed by atoms with Crippen molar-refractivity contribution >= 4 is 10.0 Å². The Labute approximate surface area is 123 Å². The van der Waals surface area contributed by atoms with Crippen molar-refractivity contribution in [3.8, 4) is 11.8 Å². The van der Waals surface area contributed by atoms with Crippen LogP contribution in [0.15, 0.2) is 17.0 Å². The minimum Gasteiger partial charge on any atom is -0.320 e. The smallest absolute Gasteiger partial charge is 0.244 e. The fourth-order valence-corrected chi connectivity index (χ4v) is 3.41. The van der Waals surface area contributed by atoms with Crippen molar-refractivity contribution in [2.24, 2.45) is 5.73 Å². The van der Waals surface area contributed by atoms with E-state index in [1.165, 1.54) is 0 Å². The molecular formula is C14H18F2N2O2S. The molecule has 4 nitrogen and oxygen atoms in total. The first-order chi connectivity index (χ1) is 9.85. The van der Waals surface area contributed by atoms with Gasteiger partial charge in [-0.05, 0) is 18.9 Å². The van der Waals surface area contributed by atoms with Crippen LogP contribution in [-0.4, -0.2) is 21.0 Å². The summed E-state index contributed by atoms with van der Waals surface area (Å²) in [6.07, 6.45) is 1.12. The monoisotopic (exact) mass is 316 g/mol. The molecule has 0 aliphatic rings. The summed E-state index contributed by atoms with van der Waals surface area (Å²) in [6, 6.07) is 1.08. The predicted molar refractivity (Wildman–Crippen MR) is 77.0 cm³/mol. The van der Waals surface area contributed by atoms with E-state index in [2.05, 4.69) is 16.6 Å². The molecule has 0 fully saturated rings. The summed E-state index contributed by atoms with van der Waals surface area (Å²) in [5, 5.41) is 0. The molecule has 0 radical (unpaired) electrons. The molecule has 0 aromatic heterocycles. The van der Waals surface area contributed by atoms with E-state index in [9.17, 15) is 17.2 Å². The van der Waals surface area contributed by atoms with E-state index in [1.54, 1.807) is 0 Å². The Morgan fingerprint density at radius 3 is 2.43 bits per heavy atom. The van der Waals surface area contributed by atoms with Crippen LogP contribution in [0.1, 0.15) is 32.3 Å². The Morgan fingerprint density at radius 2 is 1.90 bits per heavy atom. The molecule has 1 aromatic rings. The van der Waals surface area contributed by atoms with Crippen molar-refractivity contribution in [3.05, 3.63) is 29.3 Å². The van der Waals surface area contributed by atoms with E-state index in [0.29, 0.717) is 18.9 Å². The van der Waals surface area contributed by atoms with Crippen LogP contribution in [0.3, 0.4) is 0 Å². The Bertz CT molecular complexity index is 660. The van der Waals surface area contributed by atoms with E-state index in [-0.39, 0.29) is 18.2 Å². The third kappa shape index (κ3) is 4.49. The van der Waals surface area contributed by atoms with Crippen molar-refractivity contribution in [2.75, 3.05) is 6.54 Å². The van der Waals surface area contributed by atoms with Crippen molar-refractivity contribution in [2.45, 2.75) is 37.6 Å². The fraction of sp³-hybridized carbons (Fsp3) is 0.429. The lowest BCUT2D eigenvalue weighted by Crippen LogP contribution is -2.34. The third-order valence-corrected chi connectivity index (χ3v) is 4.51. The van der Waals surface area contributed by atoms with Crippen LogP contribution < -0.4 is 10.5 Å². The van der Waals surface area contributed by atoms with Gasteiger partial charge in [0.15, 0.2) is 0 Å². The first kappa shape index (κ1) is 17.6. The number of hydrogen-bond acceptors (Lipinski definition) is 3. The quantitative estimate of drug-likeness (QED) is 0.813. The van der Waals surface area contributed by atoms with Crippen LogP contribution in [-0.2, 0) is 10.0 Å².